The van der Waals surface area contributed by atoms with Crippen LogP contribution >= 0.6 is 0 Å². The molecule has 2 amide bonds. The first-order valence-electron chi connectivity index (χ1n) is 9.62. The van der Waals surface area contributed by atoms with Crippen molar-refractivity contribution in [2.45, 2.75) is 31.4 Å². The fraction of sp³-hybridized carbons (Fsp3) is 0.364. The molecule has 0 aromatic heterocycles. The average molecular weight is 398 g/mol. The predicted molar refractivity (Wildman–Crippen MR) is 109 cm³/mol. The first kappa shape index (κ1) is 20.7. The van der Waals surface area contributed by atoms with E-state index in [2.05, 4.69) is 10.6 Å². The van der Waals surface area contributed by atoms with Gasteiger partial charge < -0.3 is 25.2 Å². The number of hydrogen-bond donors (Lipinski definition) is 3. The number of benzene rings is 2. The van der Waals surface area contributed by atoms with Crippen LogP contribution in [0.25, 0.3) is 0 Å². The Morgan fingerprint density at radius 2 is 1.90 bits per heavy atom. The monoisotopic (exact) mass is 398 g/mol. The van der Waals surface area contributed by atoms with Crippen molar-refractivity contribution >= 4 is 11.8 Å². The Bertz CT molecular complexity index is 865. The Balaban J connectivity index is 0.000000252. The van der Waals surface area contributed by atoms with Crippen molar-refractivity contribution in [1.29, 1.82) is 0 Å². The first-order valence-corrected chi connectivity index (χ1v) is 9.62. The zero-order valence-corrected chi connectivity index (χ0v) is 16.6. The molecular formula is C22H26N2O5. The molecule has 0 saturated heterocycles. The van der Waals surface area contributed by atoms with Gasteiger partial charge in [0.1, 0.15) is 17.6 Å². The molecule has 2 aromatic rings. The lowest BCUT2D eigenvalue weighted by atomic mass is 10.0. The standard InChI is InChI=1S/C15H18N2O4.C7H8O/c1-16-15(20)12-6-9(14(19)17-10-2-3-10)4-8-5-11(7-18)21-13(8)12;1-8-7-5-3-2-4-6-7/h4,6,10-11,18H,2-3,5,7H2,1H3,(H,16,20)(H,17,19);2-6H,1H3. The van der Waals surface area contributed by atoms with Crippen LogP contribution in [-0.4, -0.2) is 49.8 Å². The Labute approximate surface area is 170 Å². The minimum absolute atomic E-state index is 0.120. The molecule has 4 rings (SSSR count). The summed E-state index contributed by atoms with van der Waals surface area (Å²) in [5.74, 6) is 0.910. The van der Waals surface area contributed by atoms with Gasteiger partial charge in [-0.1, -0.05) is 18.2 Å². The third-order valence-electron chi connectivity index (χ3n) is 4.73. The van der Waals surface area contributed by atoms with Crippen molar-refractivity contribution in [3.8, 4) is 11.5 Å². The summed E-state index contributed by atoms with van der Waals surface area (Å²) >= 11 is 0. The molecule has 0 spiro atoms. The van der Waals surface area contributed by atoms with E-state index in [0.29, 0.717) is 23.3 Å². The van der Waals surface area contributed by atoms with Gasteiger partial charge in [-0.05, 0) is 42.7 Å². The summed E-state index contributed by atoms with van der Waals surface area (Å²) in [6.07, 6.45) is 2.16. The van der Waals surface area contributed by atoms with Gasteiger partial charge in [-0.3, -0.25) is 9.59 Å². The molecule has 1 heterocycles. The van der Waals surface area contributed by atoms with E-state index < -0.39 is 0 Å². The molecule has 7 heteroatoms. The zero-order valence-electron chi connectivity index (χ0n) is 16.6. The largest absolute Gasteiger partial charge is 0.497 e. The van der Waals surface area contributed by atoms with Crippen molar-refractivity contribution in [2.24, 2.45) is 0 Å². The van der Waals surface area contributed by atoms with E-state index in [-0.39, 0.29) is 30.6 Å². The maximum absolute atomic E-state index is 12.2. The smallest absolute Gasteiger partial charge is 0.254 e. The molecule has 1 aliphatic carbocycles. The summed E-state index contributed by atoms with van der Waals surface area (Å²) in [6.45, 7) is -0.120. The second kappa shape index (κ2) is 9.43. The number of fused-ring (bicyclic) bond motifs is 1. The van der Waals surface area contributed by atoms with E-state index in [4.69, 9.17) is 9.47 Å². The Morgan fingerprint density at radius 3 is 2.45 bits per heavy atom. The summed E-state index contributed by atoms with van der Waals surface area (Å²) in [6, 6.07) is 13.2. The van der Waals surface area contributed by atoms with E-state index in [1.54, 1.807) is 19.2 Å². The van der Waals surface area contributed by atoms with Gasteiger partial charge in [0.25, 0.3) is 11.8 Å². The number of hydrogen-bond acceptors (Lipinski definition) is 5. The highest BCUT2D eigenvalue weighted by molar-refractivity contribution is 6.02. The normalized spacial score (nSPS) is 16.6. The number of carbonyl (C=O) groups is 2. The molecule has 2 aliphatic rings. The van der Waals surface area contributed by atoms with Crippen LogP contribution < -0.4 is 20.1 Å². The number of nitrogens with one attached hydrogen (secondary N) is 2. The maximum Gasteiger partial charge on any atom is 0.254 e. The lowest BCUT2D eigenvalue weighted by molar-refractivity contribution is 0.0950. The maximum atomic E-state index is 12.2. The van der Waals surface area contributed by atoms with Gasteiger partial charge in [0.2, 0.25) is 0 Å². The summed E-state index contributed by atoms with van der Waals surface area (Å²) in [4.78, 5) is 24.2. The van der Waals surface area contributed by atoms with Crippen LogP contribution in [0.3, 0.4) is 0 Å². The number of ether oxygens (including phenoxy) is 2. The van der Waals surface area contributed by atoms with E-state index in [1.165, 1.54) is 7.05 Å². The molecule has 3 N–H and O–H groups in total. The van der Waals surface area contributed by atoms with Crippen LogP contribution in [0, 0.1) is 0 Å². The number of carbonyl (C=O) groups excluding carboxylic acids is 2. The van der Waals surface area contributed by atoms with E-state index in [9.17, 15) is 14.7 Å². The highest BCUT2D eigenvalue weighted by Crippen LogP contribution is 2.34. The summed E-state index contributed by atoms with van der Waals surface area (Å²) in [7, 11) is 3.19. The van der Waals surface area contributed by atoms with Crippen molar-refractivity contribution in [2.75, 3.05) is 20.8 Å². The molecule has 0 bridgehead atoms. The molecule has 2 aromatic carbocycles. The van der Waals surface area contributed by atoms with Gasteiger partial charge in [0, 0.05) is 25.1 Å². The number of para-hydroxylation sites is 1. The second-order valence-electron chi connectivity index (χ2n) is 6.98. The Hall–Kier alpha value is -3.06. The summed E-state index contributed by atoms with van der Waals surface area (Å²) in [5.41, 5.74) is 1.59. The first-order chi connectivity index (χ1) is 14.0. The van der Waals surface area contributed by atoms with E-state index >= 15 is 0 Å². The quantitative estimate of drug-likeness (QED) is 0.715. The van der Waals surface area contributed by atoms with Gasteiger partial charge in [-0.15, -0.1) is 0 Å². The molecule has 154 valence electrons. The van der Waals surface area contributed by atoms with Crippen LogP contribution in [0.1, 0.15) is 39.1 Å². The molecule has 7 nitrogen and oxygen atoms in total. The molecule has 1 fully saturated rings. The second-order valence-corrected chi connectivity index (χ2v) is 6.98. The predicted octanol–water partition coefficient (Wildman–Crippen LogP) is 1.93. The number of aliphatic hydroxyl groups is 1. The number of aliphatic hydroxyl groups excluding tert-OH is 1. The number of amides is 2. The lowest BCUT2D eigenvalue weighted by Crippen LogP contribution is -2.26. The molecule has 0 radical (unpaired) electrons. The zero-order chi connectivity index (χ0) is 20.8. The average Bonchev–Trinajstić information content (AvgIpc) is 3.48. The van der Waals surface area contributed by atoms with Gasteiger partial charge in [-0.25, -0.2) is 0 Å². The molecule has 1 unspecified atom stereocenters. The van der Waals surface area contributed by atoms with Gasteiger partial charge in [0.05, 0.1) is 19.3 Å². The Morgan fingerprint density at radius 1 is 1.17 bits per heavy atom. The summed E-state index contributed by atoms with van der Waals surface area (Å²) in [5, 5.41) is 14.7. The van der Waals surface area contributed by atoms with Crippen LogP contribution in [0.15, 0.2) is 42.5 Å². The Kier molecular flexibility index (Phi) is 6.72. The summed E-state index contributed by atoms with van der Waals surface area (Å²) < 4.78 is 10.5. The van der Waals surface area contributed by atoms with Crippen LogP contribution in [0.5, 0.6) is 11.5 Å². The van der Waals surface area contributed by atoms with Crippen molar-refractivity contribution in [1.82, 2.24) is 10.6 Å². The molecule has 1 aliphatic heterocycles. The SMILES string of the molecule is CNC(=O)c1cc(C(=O)NC2CC2)cc2c1OC(CO)C2.COc1ccccc1. The van der Waals surface area contributed by atoms with Gasteiger partial charge in [0.15, 0.2) is 0 Å². The minimum Gasteiger partial charge on any atom is -0.497 e. The highest BCUT2D eigenvalue weighted by Gasteiger charge is 2.30. The molecule has 29 heavy (non-hydrogen) atoms. The number of methoxy groups -OCH3 is 1. The molecule has 1 saturated carbocycles. The third kappa shape index (κ3) is 5.26. The van der Waals surface area contributed by atoms with Gasteiger partial charge in [-0.2, -0.15) is 0 Å². The van der Waals surface area contributed by atoms with Gasteiger partial charge >= 0.3 is 0 Å². The topological polar surface area (TPSA) is 96.9 Å². The lowest BCUT2D eigenvalue weighted by Gasteiger charge is -2.11. The third-order valence-corrected chi connectivity index (χ3v) is 4.73. The fourth-order valence-electron chi connectivity index (χ4n) is 3.02. The van der Waals surface area contributed by atoms with Crippen LogP contribution in [0.2, 0.25) is 0 Å². The van der Waals surface area contributed by atoms with E-state index in [0.717, 1.165) is 24.2 Å². The van der Waals surface area contributed by atoms with Crippen molar-refractivity contribution in [3.05, 3.63) is 59.2 Å². The van der Waals surface area contributed by atoms with Crippen molar-refractivity contribution in [3.63, 3.8) is 0 Å². The minimum atomic E-state index is -0.356. The molecular weight excluding hydrogens is 372 g/mol. The van der Waals surface area contributed by atoms with E-state index in [1.807, 2.05) is 30.3 Å². The fourth-order valence-corrected chi connectivity index (χ4v) is 3.02. The number of rotatable bonds is 5. The molecule has 1 atom stereocenters. The van der Waals surface area contributed by atoms with Crippen LogP contribution in [-0.2, 0) is 6.42 Å². The van der Waals surface area contributed by atoms with Crippen molar-refractivity contribution < 1.29 is 24.2 Å². The highest BCUT2D eigenvalue weighted by atomic mass is 16.5. The van der Waals surface area contributed by atoms with Crippen LogP contribution in [0.4, 0.5) is 0 Å².